The highest BCUT2D eigenvalue weighted by Gasteiger charge is 2.52. The van der Waals surface area contributed by atoms with Gasteiger partial charge in [-0.2, -0.15) is 8.78 Å². The van der Waals surface area contributed by atoms with Crippen LogP contribution < -0.4 is 10.4 Å². The summed E-state index contributed by atoms with van der Waals surface area (Å²) in [5.41, 5.74) is -0.957. The monoisotopic (exact) mass is 554 g/mol. The third-order valence-electron chi connectivity index (χ3n) is 6.46. The molecule has 5 rings (SSSR count). The second-order valence-electron chi connectivity index (χ2n) is 8.91. The first-order valence-corrected chi connectivity index (χ1v) is 13.1. The Bertz CT molecular complexity index is 1690. The number of aromatic nitrogens is 3. The lowest BCUT2D eigenvalue weighted by Crippen LogP contribution is -2.45. The van der Waals surface area contributed by atoms with E-state index in [1.54, 1.807) is 6.07 Å². The Morgan fingerprint density at radius 2 is 1.95 bits per heavy atom. The van der Waals surface area contributed by atoms with Crippen molar-refractivity contribution < 1.29 is 35.2 Å². The summed E-state index contributed by atoms with van der Waals surface area (Å²) in [5.74, 6) is -5.73. The molecule has 0 fully saturated rings. The molecular formula is C24H22F4N4O5S. The van der Waals surface area contributed by atoms with Gasteiger partial charge in [-0.1, -0.05) is 11.2 Å². The topological polar surface area (TPSA) is 108 Å². The van der Waals surface area contributed by atoms with Crippen LogP contribution in [0.4, 0.5) is 17.6 Å². The van der Waals surface area contributed by atoms with E-state index in [-0.39, 0.29) is 40.9 Å². The van der Waals surface area contributed by atoms with Gasteiger partial charge in [-0.15, -0.1) is 0 Å². The molecule has 0 unspecified atom stereocenters. The second-order valence-corrected chi connectivity index (χ2v) is 11.0. The van der Waals surface area contributed by atoms with Crippen LogP contribution in [-0.4, -0.2) is 41.6 Å². The van der Waals surface area contributed by atoms with Gasteiger partial charge in [-0.05, 0) is 36.8 Å². The molecule has 0 saturated carbocycles. The molecule has 1 aliphatic rings. The lowest BCUT2D eigenvalue weighted by atomic mass is 9.96. The summed E-state index contributed by atoms with van der Waals surface area (Å²) in [6.45, 7) is 0.502. The van der Waals surface area contributed by atoms with Crippen LogP contribution in [0.3, 0.4) is 0 Å². The molecule has 0 amide bonds. The smallest absolute Gasteiger partial charge is 0.328 e. The van der Waals surface area contributed by atoms with Gasteiger partial charge in [0.15, 0.2) is 5.58 Å². The predicted molar refractivity (Wildman–Crippen MR) is 128 cm³/mol. The highest BCUT2D eigenvalue weighted by Crippen LogP contribution is 2.39. The molecule has 0 radical (unpaired) electrons. The van der Waals surface area contributed by atoms with Crippen LogP contribution in [0.1, 0.15) is 23.9 Å². The van der Waals surface area contributed by atoms with E-state index in [0.717, 1.165) is 27.5 Å². The van der Waals surface area contributed by atoms with E-state index in [4.69, 9.17) is 9.26 Å². The van der Waals surface area contributed by atoms with Crippen molar-refractivity contribution in [3.8, 4) is 11.1 Å². The van der Waals surface area contributed by atoms with Gasteiger partial charge in [0.1, 0.15) is 29.1 Å². The largest absolute Gasteiger partial charge is 0.380 e. The molecule has 38 heavy (non-hydrogen) atoms. The number of ether oxygens (including phenoxy) is 1. The Balaban J connectivity index is 1.58. The number of halogens is 4. The van der Waals surface area contributed by atoms with Crippen LogP contribution in [0.2, 0.25) is 0 Å². The maximum absolute atomic E-state index is 15.1. The average Bonchev–Trinajstić information content (AvgIpc) is 3.47. The highest BCUT2D eigenvalue weighted by molar-refractivity contribution is 7.89. The molecule has 0 spiro atoms. The van der Waals surface area contributed by atoms with Crippen LogP contribution in [-0.2, 0) is 40.4 Å². The lowest BCUT2D eigenvalue weighted by Gasteiger charge is -2.19. The minimum Gasteiger partial charge on any atom is -0.380 e. The zero-order valence-electron chi connectivity index (χ0n) is 20.2. The quantitative estimate of drug-likeness (QED) is 0.335. The number of fused-ring (bicyclic) bond motifs is 2. The Hall–Kier alpha value is -3.49. The third kappa shape index (κ3) is 4.31. The van der Waals surface area contributed by atoms with Crippen molar-refractivity contribution in [2.45, 2.75) is 38.6 Å². The molecule has 9 nitrogen and oxygen atoms in total. The maximum Gasteiger partial charge on any atom is 0.328 e. The molecule has 1 aliphatic heterocycles. The summed E-state index contributed by atoms with van der Waals surface area (Å²) in [4.78, 5) is 13.0. The first-order chi connectivity index (χ1) is 18.0. The minimum absolute atomic E-state index is 0.0829. The number of nitrogens with zero attached hydrogens (tertiary/aromatic N) is 3. The van der Waals surface area contributed by atoms with Crippen LogP contribution in [0.25, 0.3) is 22.1 Å². The van der Waals surface area contributed by atoms with Gasteiger partial charge in [0.05, 0.1) is 36.4 Å². The molecule has 1 N–H and O–H groups in total. The summed E-state index contributed by atoms with van der Waals surface area (Å²) in [7, 11) is -2.50. The predicted octanol–water partition coefficient (Wildman–Crippen LogP) is 3.34. The normalized spacial score (nSPS) is 16.8. The first-order valence-electron chi connectivity index (χ1n) is 11.5. The second kappa shape index (κ2) is 9.36. The van der Waals surface area contributed by atoms with Crippen molar-refractivity contribution in [2.75, 3.05) is 12.9 Å². The average molecular weight is 555 g/mol. The number of benzene rings is 2. The molecular weight excluding hydrogens is 532 g/mol. The van der Waals surface area contributed by atoms with Crippen molar-refractivity contribution in [1.29, 1.82) is 0 Å². The van der Waals surface area contributed by atoms with Crippen LogP contribution in [0, 0.1) is 11.6 Å². The standard InChI is InChI=1S/C24H22F4N4O5S/c1-3-38(34,35)30-19-10-32-20(24(19,27)28)11-31(23(32)33)9-17-22-14(21-15(25)5-4-6-16(21)26)7-13(12-36-2)8-18(22)37-29-17/h4-8,11,19,30H,3,9-10,12H2,1-2H3/t19-/m1/s1. The molecule has 14 heteroatoms. The molecule has 3 heterocycles. The van der Waals surface area contributed by atoms with Crippen LogP contribution in [0.15, 0.2) is 45.8 Å². The van der Waals surface area contributed by atoms with Crippen molar-refractivity contribution in [3.63, 3.8) is 0 Å². The zero-order valence-corrected chi connectivity index (χ0v) is 21.0. The maximum atomic E-state index is 15.1. The number of methoxy groups -OCH3 is 1. The molecule has 202 valence electrons. The van der Waals surface area contributed by atoms with Gasteiger partial charge in [0.2, 0.25) is 10.0 Å². The summed E-state index contributed by atoms with van der Waals surface area (Å²) in [6, 6.07) is 4.67. The summed E-state index contributed by atoms with van der Waals surface area (Å²) in [5, 5.41) is 4.16. The van der Waals surface area contributed by atoms with Crippen LogP contribution >= 0.6 is 0 Å². The summed E-state index contributed by atoms with van der Waals surface area (Å²) >= 11 is 0. The number of hydrogen-bond donors (Lipinski definition) is 1. The number of hydrogen-bond acceptors (Lipinski definition) is 6. The number of alkyl halides is 2. The Kier molecular flexibility index (Phi) is 6.44. The van der Waals surface area contributed by atoms with Crippen molar-refractivity contribution in [3.05, 3.63) is 75.6 Å². The van der Waals surface area contributed by atoms with Gasteiger partial charge in [-0.25, -0.2) is 26.7 Å². The van der Waals surface area contributed by atoms with E-state index in [9.17, 15) is 22.0 Å². The van der Waals surface area contributed by atoms with Crippen LogP contribution in [0.5, 0.6) is 0 Å². The van der Waals surface area contributed by atoms with E-state index >= 15 is 8.78 Å². The lowest BCUT2D eigenvalue weighted by molar-refractivity contribution is -0.0249. The van der Waals surface area contributed by atoms with Crippen molar-refractivity contribution in [1.82, 2.24) is 19.0 Å². The fourth-order valence-corrected chi connectivity index (χ4v) is 5.46. The van der Waals surface area contributed by atoms with Gasteiger partial charge in [0, 0.05) is 18.9 Å². The Labute approximate surface area is 213 Å². The molecule has 2 aromatic heterocycles. The van der Waals surface area contributed by atoms with Crippen molar-refractivity contribution >= 4 is 21.0 Å². The summed E-state index contributed by atoms with van der Waals surface area (Å²) in [6.07, 6.45) is 0.922. The van der Waals surface area contributed by atoms with E-state index in [0.29, 0.717) is 5.56 Å². The minimum atomic E-state index is -3.95. The number of imidazole rings is 1. The molecule has 4 aromatic rings. The van der Waals surface area contributed by atoms with Gasteiger partial charge >= 0.3 is 11.6 Å². The Morgan fingerprint density at radius 3 is 2.58 bits per heavy atom. The number of sulfonamides is 1. The molecule has 0 saturated heterocycles. The fourth-order valence-electron chi connectivity index (χ4n) is 4.64. The molecule has 0 bridgehead atoms. The van der Waals surface area contributed by atoms with E-state index in [1.165, 1.54) is 26.2 Å². The number of rotatable bonds is 8. The van der Waals surface area contributed by atoms with E-state index in [2.05, 4.69) is 5.16 Å². The highest BCUT2D eigenvalue weighted by atomic mass is 32.2. The van der Waals surface area contributed by atoms with Gasteiger partial charge in [0.25, 0.3) is 0 Å². The van der Waals surface area contributed by atoms with E-state index in [1.807, 2.05) is 4.72 Å². The first kappa shape index (κ1) is 26.1. The zero-order chi connectivity index (χ0) is 27.4. The number of nitrogens with one attached hydrogen (secondary N) is 1. The van der Waals surface area contributed by atoms with Crippen molar-refractivity contribution in [2.24, 2.45) is 0 Å². The molecule has 0 aliphatic carbocycles. The SMILES string of the molecule is CCS(=O)(=O)N[C@@H]1Cn2c(cn(Cc3noc4cc(COC)cc(-c5c(F)cccc5F)c34)c2=O)C1(F)F. The van der Waals surface area contributed by atoms with Gasteiger partial charge in [-0.3, -0.25) is 9.13 Å². The third-order valence-corrected chi connectivity index (χ3v) is 7.86. The molecule has 2 aromatic carbocycles. The van der Waals surface area contributed by atoms with Gasteiger partial charge < -0.3 is 9.26 Å². The molecule has 1 atom stereocenters. The fraction of sp³-hybridized carbons (Fsp3) is 0.333. The Morgan fingerprint density at radius 1 is 1.24 bits per heavy atom. The van der Waals surface area contributed by atoms with E-state index < -0.39 is 57.3 Å². The summed E-state index contributed by atoms with van der Waals surface area (Å²) < 4.78 is 97.6.